The Morgan fingerprint density at radius 2 is 1.90 bits per heavy atom. The second-order valence-electron chi connectivity index (χ2n) is 6.49. The summed E-state index contributed by atoms with van der Waals surface area (Å²) in [5, 5.41) is 11.9. The quantitative estimate of drug-likeness (QED) is 0.635. The average molecular weight is 403 g/mol. The van der Waals surface area contributed by atoms with Crippen LogP contribution < -0.4 is 5.56 Å². The number of fused-ring (bicyclic) bond motifs is 1. The lowest BCUT2D eigenvalue weighted by molar-refractivity contribution is 0.0518. The van der Waals surface area contributed by atoms with Gasteiger partial charge in [-0.3, -0.25) is 14.9 Å². The molecule has 8 heteroatoms. The molecule has 30 heavy (non-hydrogen) atoms. The maximum Gasteiger partial charge on any atom is 0.357 e. The first-order chi connectivity index (χ1) is 14.5. The van der Waals surface area contributed by atoms with E-state index >= 15 is 0 Å². The number of carbonyl (C=O) groups is 2. The Morgan fingerprint density at radius 3 is 2.60 bits per heavy atom. The number of rotatable bonds is 5. The number of hydrogen-bond donors (Lipinski definition) is 2. The van der Waals surface area contributed by atoms with Gasteiger partial charge in [-0.15, -0.1) is 0 Å². The van der Waals surface area contributed by atoms with Crippen LogP contribution in [0.1, 0.15) is 38.9 Å². The molecule has 0 aliphatic carbocycles. The number of benzene rings is 2. The molecule has 0 atom stereocenters. The molecular formula is C22H17N3O5. The summed E-state index contributed by atoms with van der Waals surface area (Å²) in [4.78, 5) is 41.0. The number of nitrogens with one attached hydrogen (secondary N) is 1. The van der Waals surface area contributed by atoms with E-state index in [-0.39, 0.29) is 23.4 Å². The summed E-state index contributed by atoms with van der Waals surface area (Å²) < 4.78 is 6.28. The van der Waals surface area contributed by atoms with E-state index in [1.807, 2.05) is 24.3 Å². The summed E-state index contributed by atoms with van der Waals surface area (Å²) >= 11 is 0. The molecule has 0 spiro atoms. The predicted octanol–water partition coefficient (Wildman–Crippen LogP) is 3.30. The van der Waals surface area contributed by atoms with Gasteiger partial charge in [0.25, 0.3) is 5.56 Å². The summed E-state index contributed by atoms with van der Waals surface area (Å²) in [5.41, 5.74) is 2.48. The van der Waals surface area contributed by atoms with Crippen LogP contribution >= 0.6 is 0 Å². The molecule has 2 aromatic carbocycles. The molecule has 0 saturated heterocycles. The molecule has 0 saturated carbocycles. The highest BCUT2D eigenvalue weighted by molar-refractivity contribution is 6.21. The Hall–Kier alpha value is -4.20. The smallest absolute Gasteiger partial charge is 0.357 e. The lowest BCUT2D eigenvalue weighted by atomic mass is 10.0. The molecule has 3 aromatic rings. The van der Waals surface area contributed by atoms with Gasteiger partial charge in [0.15, 0.2) is 5.69 Å². The van der Waals surface area contributed by atoms with E-state index in [1.165, 1.54) is 28.9 Å². The highest BCUT2D eigenvalue weighted by Crippen LogP contribution is 2.32. The third-order valence-corrected chi connectivity index (χ3v) is 4.64. The molecular weight excluding hydrogens is 386 g/mol. The third-order valence-electron chi connectivity index (χ3n) is 4.64. The second-order valence-corrected chi connectivity index (χ2v) is 6.49. The highest BCUT2D eigenvalue weighted by Gasteiger charge is 2.22. The number of aromatic carboxylic acids is 1. The Balaban J connectivity index is 1.85. The van der Waals surface area contributed by atoms with Crippen molar-refractivity contribution in [2.24, 2.45) is 4.99 Å². The second kappa shape index (κ2) is 7.67. The minimum absolute atomic E-state index is 0.00874. The van der Waals surface area contributed by atoms with Gasteiger partial charge < -0.3 is 9.84 Å². The van der Waals surface area contributed by atoms with Crippen LogP contribution in [0.25, 0.3) is 17.3 Å². The molecule has 0 fully saturated rings. The minimum Gasteiger partial charge on any atom is -0.478 e. The van der Waals surface area contributed by atoms with Gasteiger partial charge in [-0.2, -0.15) is 0 Å². The van der Waals surface area contributed by atoms with E-state index in [0.29, 0.717) is 11.3 Å². The lowest BCUT2D eigenvalue weighted by Crippen LogP contribution is -2.16. The number of allylic oxidation sites excluding steroid dienone is 1. The number of carbonyl (C=O) groups excluding carboxylic acids is 1. The zero-order valence-corrected chi connectivity index (χ0v) is 16.0. The normalized spacial score (nSPS) is 13.4. The zero-order valence-electron chi connectivity index (χ0n) is 16.0. The fraction of sp³-hybridized carbons (Fsp3) is 0.0909. The maximum absolute atomic E-state index is 13.1. The Labute approximate surface area is 170 Å². The summed E-state index contributed by atoms with van der Waals surface area (Å²) in [7, 11) is 0. The van der Waals surface area contributed by atoms with Crippen molar-refractivity contribution < 1.29 is 19.4 Å². The number of H-pyrrole nitrogens is 1. The number of nitrogens with zero attached hydrogens (tertiary/aromatic N) is 2. The van der Waals surface area contributed by atoms with Crippen LogP contribution in [0.2, 0.25) is 0 Å². The molecule has 1 aliphatic rings. The Bertz CT molecular complexity index is 1260. The number of hydrogen-bond acceptors (Lipinski definition) is 5. The van der Waals surface area contributed by atoms with Crippen molar-refractivity contribution >= 4 is 35.5 Å². The lowest BCUT2D eigenvalue weighted by Gasteiger charge is -2.03. The number of carboxylic acid groups (broad SMARTS) is 1. The monoisotopic (exact) mass is 403 g/mol. The van der Waals surface area contributed by atoms with Crippen LogP contribution in [0.5, 0.6) is 0 Å². The van der Waals surface area contributed by atoms with Crippen molar-refractivity contribution in [1.82, 2.24) is 9.78 Å². The van der Waals surface area contributed by atoms with Gasteiger partial charge in [0.05, 0.1) is 29.1 Å². The van der Waals surface area contributed by atoms with E-state index in [9.17, 15) is 14.4 Å². The largest absolute Gasteiger partial charge is 0.478 e. The van der Waals surface area contributed by atoms with Crippen LogP contribution in [0.4, 0.5) is 5.69 Å². The SMILES string of the molecule is CCOC(=O)c1[nH]n(-c2ccc(C(=O)O)cc2)c(=O)c1C=C1C=Nc2ccccc21. The highest BCUT2D eigenvalue weighted by atomic mass is 16.5. The summed E-state index contributed by atoms with van der Waals surface area (Å²) in [6.07, 6.45) is 3.24. The van der Waals surface area contributed by atoms with Gasteiger partial charge in [-0.25, -0.2) is 14.3 Å². The zero-order chi connectivity index (χ0) is 21.3. The standard InChI is InChI=1S/C22H17N3O5/c1-2-30-22(29)19-17(11-14-12-23-18-6-4-3-5-16(14)18)20(26)25(24-19)15-9-7-13(8-10-15)21(27)28/h3-12,24H,2H2,1H3,(H,27,28). The number of ether oxygens (including phenoxy) is 1. The molecule has 1 aliphatic heterocycles. The number of aliphatic imine (C=N–C) groups is 1. The Kier molecular flexibility index (Phi) is 4.89. The van der Waals surface area contributed by atoms with Gasteiger partial charge in [-0.05, 0) is 43.3 Å². The molecule has 0 unspecified atom stereocenters. The predicted molar refractivity (Wildman–Crippen MR) is 112 cm³/mol. The summed E-state index contributed by atoms with van der Waals surface area (Å²) in [6, 6.07) is 13.2. The van der Waals surface area contributed by atoms with Crippen LogP contribution in [0.3, 0.4) is 0 Å². The van der Waals surface area contributed by atoms with Gasteiger partial charge in [0, 0.05) is 17.4 Å². The topological polar surface area (TPSA) is 114 Å². The van der Waals surface area contributed by atoms with Crippen LogP contribution in [0, 0.1) is 0 Å². The molecule has 4 rings (SSSR count). The van der Waals surface area contributed by atoms with Crippen molar-refractivity contribution in [1.29, 1.82) is 0 Å². The first kappa shape index (κ1) is 19.1. The molecule has 1 aromatic heterocycles. The molecule has 8 nitrogen and oxygen atoms in total. The van der Waals surface area contributed by atoms with E-state index in [0.717, 1.165) is 11.3 Å². The third kappa shape index (κ3) is 3.35. The minimum atomic E-state index is -1.07. The van der Waals surface area contributed by atoms with Crippen molar-refractivity contribution in [2.45, 2.75) is 6.92 Å². The van der Waals surface area contributed by atoms with Crippen LogP contribution in [0.15, 0.2) is 58.3 Å². The maximum atomic E-state index is 13.1. The fourth-order valence-corrected chi connectivity index (χ4v) is 3.19. The number of aromatic nitrogens is 2. The average Bonchev–Trinajstić information content (AvgIpc) is 3.30. The molecule has 0 radical (unpaired) electrons. The van der Waals surface area contributed by atoms with Crippen molar-refractivity contribution in [3.63, 3.8) is 0 Å². The molecule has 0 amide bonds. The fourth-order valence-electron chi connectivity index (χ4n) is 3.19. The van der Waals surface area contributed by atoms with E-state index < -0.39 is 17.5 Å². The van der Waals surface area contributed by atoms with Crippen molar-refractivity contribution in [3.8, 4) is 5.69 Å². The first-order valence-corrected chi connectivity index (χ1v) is 9.20. The number of para-hydroxylation sites is 1. The van der Waals surface area contributed by atoms with Crippen molar-refractivity contribution in [3.05, 3.63) is 81.3 Å². The van der Waals surface area contributed by atoms with Gasteiger partial charge in [0.1, 0.15) is 0 Å². The molecule has 150 valence electrons. The van der Waals surface area contributed by atoms with Crippen LogP contribution in [-0.4, -0.2) is 39.6 Å². The van der Waals surface area contributed by atoms with Crippen molar-refractivity contribution in [2.75, 3.05) is 6.61 Å². The summed E-state index contributed by atoms with van der Waals surface area (Å²) in [5.74, 6) is -1.73. The molecule has 2 N–H and O–H groups in total. The number of esters is 1. The van der Waals surface area contributed by atoms with Gasteiger partial charge in [-0.1, -0.05) is 18.2 Å². The van der Waals surface area contributed by atoms with Gasteiger partial charge >= 0.3 is 11.9 Å². The van der Waals surface area contributed by atoms with Crippen LogP contribution in [-0.2, 0) is 4.74 Å². The van der Waals surface area contributed by atoms with Gasteiger partial charge in [0.2, 0.25) is 0 Å². The van der Waals surface area contributed by atoms with E-state index in [4.69, 9.17) is 9.84 Å². The molecule has 2 heterocycles. The Morgan fingerprint density at radius 1 is 1.17 bits per heavy atom. The first-order valence-electron chi connectivity index (χ1n) is 9.20. The number of carboxylic acids is 1. The molecule has 0 bridgehead atoms. The summed E-state index contributed by atoms with van der Waals surface area (Å²) in [6.45, 7) is 1.83. The number of aromatic amines is 1. The van der Waals surface area contributed by atoms with E-state index in [1.54, 1.807) is 19.2 Å². The van der Waals surface area contributed by atoms with E-state index in [2.05, 4.69) is 10.1 Å².